The first-order chi connectivity index (χ1) is 14.8. The quantitative estimate of drug-likeness (QED) is 0.626. The summed E-state index contributed by atoms with van der Waals surface area (Å²) in [6.07, 6.45) is 1.37. The molecule has 0 spiro atoms. The van der Waals surface area contributed by atoms with Crippen LogP contribution in [0.3, 0.4) is 0 Å². The van der Waals surface area contributed by atoms with Gasteiger partial charge in [-0.15, -0.1) is 0 Å². The maximum atomic E-state index is 13.4. The topological polar surface area (TPSA) is 60.9 Å². The molecule has 2 unspecified atom stereocenters. The zero-order valence-electron chi connectivity index (χ0n) is 16.8. The second kappa shape index (κ2) is 9.41. The third-order valence-electron chi connectivity index (χ3n) is 5.12. The summed E-state index contributed by atoms with van der Waals surface area (Å²) in [6, 6.07) is 22.4. The summed E-state index contributed by atoms with van der Waals surface area (Å²) in [5, 5.41) is 0. The lowest BCUT2D eigenvalue weighted by Crippen LogP contribution is -2.50. The maximum absolute atomic E-state index is 13.4. The van der Waals surface area contributed by atoms with Crippen molar-refractivity contribution in [2.24, 2.45) is 0 Å². The SMILES string of the molecule is COc1ccc(C(=O)N2CCOC(COc3ccccn3)C2c2ccccc2)cc1. The molecular weight excluding hydrogens is 380 g/mol. The van der Waals surface area contributed by atoms with Crippen molar-refractivity contribution >= 4 is 5.91 Å². The van der Waals surface area contributed by atoms with E-state index in [0.717, 1.165) is 11.3 Å². The Morgan fingerprint density at radius 3 is 2.53 bits per heavy atom. The first-order valence-corrected chi connectivity index (χ1v) is 9.91. The Hall–Kier alpha value is -3.38. The highest BCUT2D eigenvalue weighted by molar-refractivity contribution is 5.94. The van der Waals surface area contributed by atoms with E-state index < -0.39 is 0 Å². The fourth-order valence-electron chi connectivity index (χ4n) is 3.64. The summed E-state index contributed by atoms with van der Waals surface area (Å²) in [6.45, 7) is 1.24. The molecule has 0 radical (unpaired) electrons. The van der Waals surface area contributed by atoms with E-state index in [4.69, 9.17) is 14.2 Å². The number of methoxy groups -OCH3 is 1. The van der Waals surface area contributed by atoms with Crippen LogP contribution in [0.1, 0.15) is 22.0 Å². The second-order valence-corrected chi connectivity index (χ2v) is 6.97. The number of morpholine rings is 1. The average molecular weight is 404 g/mol. The van der Waals surface area contributed by atoms with E-state index in [-0.39, 0.29) is 18.1 Å². The summed E-state index contributed by atoms with van der Waals surface area (Å²) in [7, 11) is 1.61. The number of hydrogen-bond donors (Lipinski definition) is 0. The first-order valence-electron chi connectivity index (χ1n) is 9.91. The number of hydrogen-bond acceptors (Lipinski definition) is 5. The molecule has 0 aliphatic carbocycles. The molecule has 1 saturated heterocycles. The number of benzene rings is 2. The van der Waals surface area contributed by atoms with Gasteiger partial charge in [0.25, 0.3) is 5.91 Å². The maximum Gasteiger partial charge on any atom is 0.254 e. The molecule has 2 heterocycles. The zero-order chi connectivity index (χ0) is 20.8. The van der Waals surface area contributed by atoms with E-state index in [9.17, 15) is 4.79 Å². The lowest BCUT2D eigenvalue weighted by molar-refractivity contribution is -0.0774. The summed E-state index contributed by atoms with van der Waals surface area (Å²) in [4.78, 5) is 19.5. The number of carbonyl (C=O) groups is 1. The Balaban J connectivity index is 1.59. The van der Waals surface area contributed by atoms with Gasteiger partial charge in [0.15, 0.2) is 0 Å². The van der Waals surface area contributed by atoms with Gasteiger partial charge in [0, 0.05) is 24.4 Å². The van der Waals surface area contributed by atoms with E-state index in [1.807, 2.05) is 47.4 Å². The molecule has 0 N–H and O–H groups in total. The highest BCUT2D eigenvalue weighted by Gasteiger charge is 2.37. The van der Waals surface area contributed by atoms with Gasteiger partial charge >= 0.3 is 0 Å². The van der Waals surface area contributed by atoms with Gasteiger partial charge in [0.1, 0.15) is 18.5 Å². The average Bonchev–Trinajstić information content (AvgIpc) is 2.83. The van der Waals surface area contributed by atoms with Crippen LogP contribution in [0.4, 0.5) is 0 Å². The minimum absolute atomic E-state index is 0.0438. The van der Waals surface area contributed by atoms with Crippen LogP contribution >= 0.6 is 0 Å². The highest BCUT2D eigenvalue weighted by Crippen LogP contribution is 2.31. The number of carbonyl (C=O) groups excluding carboxylic acids is 1. The molecule has 1 fully saturated rings. The van der Waals surface area contributed by atoms with Gasteiger partial charge in [-0.2, -0.15) is 0 Å². The number of amides is 1. The van der Waals surface area contributed by atoms with Crippen molar-refractivity contribution in [3.63, 3.8) is 0 Å². The summed E-state index contributed by atoms with van der Waals surface area (Å²) < 4.78 is 17.1. The van der Waals surface area contributed by atoms with Crippen LogP contribution in [0.5, 0.6) is 11.6 Å². The molecule has 4 rings (SSSR count). The van der Waals surface area contributed by atoms with Crippen molar-refractivity contribution in [2.45, 2.75) is 12.1 Å². The van der Waals surface area contributed by atoms with E-state index in [2.05, 4.69) is 4.98 Å². The predicted molar refractivity (Wildman–Crippen MR) is 113 cm³/mol. The van der Waals surface area contributed by atoms with Crippen molar-refractivity contribution in [3.05, 3.63) is 90.1 Å². The normalized spacial score (nSPS) is 18.6. The van der Waals surface area contributed by atoms with E-state index in [0.29, 0.717) is 31.2 Å². The fraction of sp³-hybridized carbons (Fsp3) is 0.250. The van der Waals surface area contributed by atoms with Crippen molar-refractivity contribution in [1.29, 1.82) is 0 Å². The van der Waals surface area contributed by atoms with E-state index in [1.165, 1.54) is 0 Å². The molecule has 1 aromatic heterocycles. The molecule has 1 amide bonds. The molecule has 0 bridgehead atoms. The Morgan fingerprint density at radius 1 is 1.07 bits per heavy atom. The highest BCUT2D eigenvalue weighted by atomic mass is 16.5. The minimum Gasteiger partial charge on any atom is -0.497 e. The van der Waals surface area contributed by atoms with Crippen molar-refractivity contribution in [3.8, 4) is 11.6 Å². The van der Waals surface area contributed by atoms with Crippen molar-refractivity contribution in [1.82, 2.24) is 9.88 Å². The van der Waals surface area contributed by atoms with Crippen LogP contribution in [0.25, 0.3) is 0 Å². The molecule has 1 aliphatic heterocycles. The van der Waals surface area contributed by atoms with Gasteiger partial charge in [-0.3, -0.25) is 4.79 Å². The van der Waals surface area contributed by atoms with Gasteiger partial charge in [0.05, 0.1) is 19.8 Å². The predicted octanol–water partition coefficient (Wildman–Crippen LogP) is 3.75. The van der Waals surface area contributed by atoms with Crippen LogP contribution in [-0.4, -0.2) is 48.8 Å². The smallest absolute Gasteiger partial charge is 0.254 e. The lowest BCUT2D eigenvalue weighted by atomic mass is 9.97. The molecule has 2 aromatic carbocycles. The number of aromatic nitrogens is 1. The number of pyridine rings is 1. The molecule has 0 saturated carbocycles. The largest absolute Gasteiger partial charge is 0.497 e. The summed E-state index contributed by atoms with van der Waals surface area (Å²) >= 11 is 0. The molecule has 154 valence electrons. The molecule has 30 heavy (non-hydrogen) atoms. The first kappa shape index (κ1) is 19.9. The van der Waals surface area contributed by atoms with Gasteiger partial charge in [-0.1, -0.05) is 36.4 Å². The summed E-state index contributed by atoms with van der Waals surface area (Å²) in [5.41, 5.74) is 1.62. The minimum atomic E-state index is -0.314. The van der Waals surface area contributed by atoms with Crippen LogP contribution in [0, 0.1) is 0 Å². The Kier molecular flexibility index (Phi) is 6.25. The lowest BCUT2D eigenvalue weighted by Gasteiger charge is -2.41. The van der Waals surface area contributed by atoms with E-state index >= 15 is 0 Å². The van der Waals surface area contributed by atoms with Crippen LogP contribution in [0.15, 0.2) is 79.0 Å². The zero-order valence-corrected chi connectivity index (χ0v) is 16.8. The van der Waals surface area contributed by atoms with Crippen molar-refractivity contribution in [2.75, 3.05) is 26.9 Å². The number of rotatable bonds is 6. The summed E-state index contributed by atoms with van der Waals surface area (Å²) in [5.74, 6) is 1.21. The number of ether oxygens (including phenoxy) is 3. The third kappa shape index (κ3) is 4.44. The molecule has 6 nitrogen and oxygen atoms in total. The monoisotopic (exact) mass is 404 g/mol. The number of nitrogens with zero attached hydrogens (tertiary/aromatic N) is 2. The third-order valence-corrected chi connectivity index (χ3v) is 5.12. The Labute approximate surface area is 176 Å². The van der Waals surface area contributed by atoms with Crippen molar-refractivity contribution < 1.29 is 19.0 Å². The molecule has 2 atom stereocenters. The standard InChI is InChI=1S/C24H24N2O4/c1-28-20-12-10-19(11-13-20)24(27)26-15-16-29-21(17-30-22-9-5-6-14-25-22)23(26)18-7-3-2-4-8-18/h2-14,21,23H,15-17H2,1H3. The molecule has 3 aromatic rings. The van der Waals surface area contributed by atoms with E-state index in [1.54, 1.807) is 43.6 Å². The fourth-order valence-corrected chi connectivity index (χ4v) is 3.64. The van der Waals surface area contributed by atoms with Gasteiger partial charge in [-0.05, 0) is 35.9 Å². The van der Waals surface area contributed by atoms with Crippen LogP contribution < -0.4 is 9.47 Å². The Bertz CT molecular complexity index is 948. The van der Waals surface area contributed by atoms with Crippen LogP contribution in [-0.2, 0) is 4.74 Å². The second-order valence-electron chi connectivity index (χ2n) is 6.97. The van der Waals surface area contributed by atoms with Gasteiger partial charge in [0.2, 0.25) is 5.88 Å². The molecule has 6 heteroatoms. The van der Waals surface area contributed by atoms with Crippen LogP contribution in [0.2, 0.25) is 0 Å². The molecule has 1 aliphatic rings. The van der Waals surface area contributed by atoms with Gasteiger partial charge < -0.3 is 19.1 Å². The molecular formula is C24H24N2O4. The van der Waals surface area contributed by atoms with Gasteiger partial charge in [-0.25, -0.2) is 4.98 Å². The Morgan fingerprint density at radius 2 is 1.83 bits per heavy atom.